The minimum absolute atomic E-state index is 0.00878. The number of fused-ring (bicyclic) bond motifs is 1. The molecule has 3 aromatic carbocycles. The fourth-order valence-corrected chi connectivity index (χ4v) is 5.55. The molecule has 9 heteroatoms. The molecule has 0 aliphatic carbocycles. The van der Waals surface area contributed by atoms with Gasteiger partial charge in [-0.05, 0) is 47.2 Å². The number of aromatic nitrogens is 2. The number of ether oxygens (including phenoxy) is 1. The van der Waals surface area contributed by atoms with Gasteiger partial charge in [0.15, 0.2) is 17.4 Å². The summed E-state index contributed by atoms with van der Waals surface area (Å²) in [6.07, 6.45) is 0. The molecule has 5 rings (SSSR count). The quantitative estimate of drug-likeness (QED) is 0.432. The van der Waals surface area contributed by atoms with Gasteiger partial charge in [-0.2, -0.15) is 4.31 Å². The highest BCUT2D eigenvalue weighted by atomic mass is 32.2. The van der Waals surface area contributed by atoms with E-state index >= 15 is 0 Å². The average Bonchev–Trinajstić information content (AvgIpc) is 2.88. The molecule has 1 fully saturated rings. The largest absolute Gasteiger partial charge is 0.494 e. The molecule has 34 heavy (non-hydrogen) atoms. The van der Waals surface area contributed by atoms with Crippen LogP contribution in [0.5, 0.6) is 5.75 Å². The van der Waals surface area contributed by atoms with Crippen LogP contribution in [0.4, 0.5) is 10.2 Å². The van der Waals surface area contributed by atoms with Crippen LogP contribution in [0.1, 0.15) is 0 Å². The van der Waals surface area contributed by atoms with E-state index in [2.05, 4.69) is 34.5 Å². The summed E-state index contributed by atoms with van der Waals surface area (Å²) in [6.45, 7) is 1.46. The number of methoxy groups -OCH3 is 1. The lowest BCUT2D eigenvalue weighted by molar-refractivity contribution is 0.379. The smallest absolute Gasteiger partial charge is 0.243 e. The number of hydrogen-bond acceptors (Lipinski definition) is 6. The van der Waals surface area contributed by atoms with Crippen molar-refractivity contribution in [2.24, 2.45) is 0 Å². The normalized spacial score (nSPS) is 14.9. The van der Waals surface area contributed by atoms with Crippen LogP contribution < -0.4 is 9.64 Å². The van der Waals surface area contributed by atoms with Crippen LogP contribution in [0, 0.1) is 5.82 Å². The second-order valence-electron chi connectivity index (χ2n) is 8.03. The number of hydrogen-bond donors (Lipinski definition) is 0. The molecule has 174 valence electrons. The summed E-state index contributed by atoms with van der Waals surface area (Å²) in [4.78, 5) is 1.91. The highest BCUT2D eigenvalue weighted by molar-refractivity contribution is 7.89. The number of rotatable bonds is 5. The van der Waals surface area contributed by atoms with E-state index in [-0.39, 0.29) is 23.7 Å². The predicted octanol–water partition coefficient (Wildman–Crippen LogP) is 3.96. The number of halogens is 1. The number of anilines is 1. The lowest BCUT2D eigenvalue weighted by Crippen LogP contribution is -2.49. The Morgan fingerprint density at radius 2 is 1.62 bits per heavy atom. The lowest BCUT2D eigenvalue weighted by Gasteiger charge is -2.34. The fraction of sp³-hybridized carbons (Fsp3) is 0.200. The van der Waals surface area contributed by atoms with Gasteiger partial charge in [-0.3, -0.25) is 0 Å². The summed E-state index contributed by atoms with van der Waals surface area (Å²) in [6, 6.07) is 21.8. The maximum Gasteiger partial charge on any atom is 0.243 e. The minimum Gasteiger partial charge on any atom is -0.494 e. The molecule has 0 saturated carbocycles. The molecule has 1 aliphatic heterocycles. The van der Waals surface area contributed by atoms with Crippen LogP contribution in [0.2, 0.25) is 0 Å². The van der Waals surface area contributed by atoms with Gasteiger partial charge < -0.3 is 9.64 Å². The monoisotopic (exact) mass is 478 g/mol. The number of sulfonamides is 1. The molecule has 1 aliphatic rings. The molecule has 0 spiro atoms. The van der Waals surface area contributed by atoms with E-state index in [4.69, 9.17) is 4.74 Å². The van der Waals surface area contributed by atoms with E-state index in [0.29, 0.717) is 18.9 Å². The maximum atomic E-state index is 14.0. The third-order valence-corrected chi connectivity index (χ3v) is 7.91. The first-order valence-electron chi connectivity index (χ1n) is 10.9. The standard InChI is InChI=1S/C25H23FN4O3S/c1-33-24-10-8-21(17-22(24)26)34(31,32)30-14-12-29(13-15-30)25-11-9-23(27-28-25)20-7-6-18-4-2-3-5-19(18)16-20/h2-11,16-17H,12-15H2,1H3. The Hall–Kier alpha value is -3.56. The third-order valence-electron chi connectivity index (χ3n) is 6.02. The van der Waals surface area contributed by atoms with Crippen molar-refractivity contribution in [2.75, 3.05) is 38.2 Å². The van der Waals surface area contributed by atoms with E-state index in [1.54, 1.807) is 0 Å². The first-order valence-corrected chi connectivity index (χ1v) is 12.3. The molecule has 0 bridgehead atoms. The van der Waals surface area contributed by atoms with Gasteiger partial charge in [0, 0.05) is 31.7 Å². The van der Waals surface area contributed by atoms with Crippen molar-refractivity contribution in [1.29, 1.82) is 0 Å². The Bertz CT molecular complexity index is 1440. The molecule has 0 amide bonds. The molecule has 0 atom stereocenters. The molecule has 1 saturated heterocycles. The first kappa shape index (κ1) is 22.2. The molecule has 0 N–H and O–H groups in total. The maximum absolute atomic E-state index is 14.0. The SMILES string of the molecule is COc1ccc(S(=O)(=O)N2CCN(c3ccc(-c4ccc5ccccc5c4)nn3)CC2)cc1F. The van der Waals surface area contributed by atoms with E-state index in [1.165, 1.54) is 28.9 Å². The Labute approximate surface area is 197 Å². The van der Waals surface area contributed by atoms with Gasteiger partial charge in [0.2, 0.25) is 10.0 Å². The van der Waals surface area contributed by atoms with E-state index in [0.717, 1.165) is 22.7 Å². The average molecular weight is 479 g/mol. The zero-order valence-corrected chi connectivity index (χ0v) is 19.4. The zero-order valence-electron chi connectivity index (χ0n) is 18.6. The number of nitrogens with zero attached hydrogens (tertiary/aromatic N) is 4. The van der Waals surface area contributed by atoms with Crippen LogP contribution in [-0.4, -0.2) is 56.2 Å². The summed E-state index contributed by atoms with van der Waals surface area (Å²) < 4.78 is 46.2. The summed E-state index contributed by atoms with van der Waals surface area (Å²) >= 11 is 0. The van der Waals surface area contributed by atoms with Gasteiger partial charge in [0.1, 0.15) is 0 Å². The molecule has 1 aromatic heterocycles. The Morgan fingerprint density at radius 3 is 2.29 bits per heavy atom. The van der Waals surface area contributed by atoms with Crippen molar-refractivity contribution in [3.05, 3.63) is 78.6 Å². The fourth-order valence-electron chi connectivity index (χ4n) is 4.11. The minimum atomic E-state index is -3.80. The lowest BCUT2D eigenvalue weighted by atomic mass is 10.1. The molecular formula is C25H23FN4O3S. The second kappa shape index (κ2) is 9.00. The first-order chi connectivity index (χ1) is 16.5. The van der Waals surface area contributed by atoms with Gasteiger partial charge >= 0.3 is 0 Å². The van der Waals surface area contributed by atoms with Gasteiger partial charge in [0.05, 0.1) is 17.7 Å². The van der Waals surface area contributed by atoms with Gasteiger partial charge in [-0.25, -0.2) is 12.8 Å². The van der Waals surface area contributed by atoms with Crippen LogP contribution in [0.15, 0.2) is 77.7 Å². The van der Waals surface area contributed by atoms with Crippen molar-refractivity contribution in [3.8, 4) is 17.0 Å². The third kappa shape index (κ3) is 4.20. The summed E-state index contributed by atoms with van der Waals surface area (Å²) in [5.41, 5.74) is 1.76. The Morgan fingerprint density at radius 1 is 0.853 bits per heavy atom. The van der Waals surface area contributed by atoms with Gasteiger partial charge in [0.25, 0.3) is 0 Å². The van der Waals surface area contributed by atoms with Crippen molar-refractivity contribution in [3.63, 3.8) is 0 Å². The van der Waals surface area contributed by atoms with E-state index < -0.39 is 15.8 Å². The number of piperazine rings is 1. The molecule has 4 aromatic rings. The molecule has 2 heterocycles. The topological polar surface area (TPSA) is 75.6 Å². The van der Waals surface area contributed by atoms with Crippen LogP contribution in [0.25, 0.3) is 22.0 Å². The van der Waals surface area contributed by atoms with Crippen molar-refractivity contribution >= 4 is 26.6 Å². The molecule has 7 nitrogen and oxygen atoms in total. The molecular weight excluding hydrogens is 455 g/mol. The molecule has 0 unspecified atom stereocenters. The van der Waals surface area contributed by atoms with Crippen molar-refractivity contribution in [1.82, 2.24) is 14.5 Å². The Balaban J connectivity index is 1.27. The van der Waals surface area contributed by atoms with Crippen molar-refractivity contribution in [2.45, 2.75) is 4.90 Å². The van der Waals surface area contributed by atoms with Crippen LogP contribution >= 0.6 is 0 Å². The number of benzene rings is 3. The van der Waals surface area contributed by atoms with E-state index in [1.807, 2.05) is 35.2 Å². The highest BCUT2D eigenvalue weighted by Crippen LogP contribution is 2.26. The van der Waals surface area contributed by atoms with E-state index in [9.17, 15) is 12.8 Å². The van der Waals surface area contributed by atoms with Crippen molar-refractivity contribution < 1.29 is 17.5 Å². The van der Waals surface area contributed by atoms with Crippen LogP contribution in [-0.2, 0) is 10.0 Å². The summed E-state index contributed by atoms with van der Waals surface area (Å²) in [7, 11) is -2.46. The summed E-state index contributed by atoms with van der Waals surface area (Å²) in [5, 5.41) is 11.1. The second-order valence-corrected chi connectivity index (χ2v) is 9.96. The molecule has 0 radical (unpaired) electrons. The summed E-state index contributed by atoms with van der Waals surface area (Å²) in [5.74, 6) is -0.00412. The Kier molecular flexibility index (Phi) is 5.89. The van der Waals surface area contributed by atoms with Crippen LogP contribution in [0.3, 0.4) is 0 Å². The van der Waals surface area contributed by atoms with Gasteiger partial charge in [-0.15, -0.1) is 10.2 Å². The highest BCUT2D eigenvalue weighted by Gasteiger charge is 2.29. The van der Waals surface area contributed by atoms with Gasteiger partial charge in [-0.1, -0.05) is 36.4 Å². The zero-order chi connectivity index (χ0) is 23.7. The predicted molar refractivity (Wildman–Crippen MR) is 129 cm³/mol.